The minimum absolute atomic E-state index is 0.243. The second-order valence-corrected chi connectivity index (χ2v) is 4.93. The first-order valence-electron chi connectivity index (χ1n) is 5.66. The van der Waals surface area contributed by atoms with Crippen molar-refractivity contribution in [3.8, 4) is 11.3 Å². The second-order valence-electron chi connectivity index (χ2n) is 3.94. The fraction of sp³-hybridized carbons (Fsp3) is 0. The van der Waals surface area contributed by atoms with Gasteiger partial charge in [-0.15, -0.1) is 0 Å². The van der Waals surface area contributed by atoms with Crippen LogP contribution in [0.25, 0.3) is 17.4 Å². The maximum atomic E-state index is 11.1. The summed E-state index contributed by atoms with van der Waals surface area (Å²) in [6.07, 6.45) is 1.72. The average Bonchev–Trinajstić information content (AvgIpc) is 2.99. The first kappa shape index (κ1) is 11.8. The van der Waals surface area contributed by atoms with Crippen molar-refractivity contribution in [2.24, 2.45) is 10.7 Å². The Bertz CT molecular complexity index is 686. The summed E-state index contributed by atoms with van der Waals surface area (Å²) in [5.41, 5.74) is 6.64. The van der Waals surface area contributed by atoms with Crippen LogP contribution in [0.1, 0.15) is 5.76 Å². The lowest BCUT2D eigenvalue weighted by atomic mass is 10.2. The smallest absolute Gasteiger partial charge is 0.311 e. The van der Waals surface area contributed by atoms with Crippen molar-refractivity contribution in [3.05, 3.63) is 53.1 Å². The van der Waals surface area contributed by atoms with Crippen LogP contribution in [-0.2, 0) is 0 Å². The molecule has 1 aromatic heterocycles. The van der Waals surface area contributed by atoms with E-state index < -0.39 is 0 Å². The topological polar surface area (TPSA) is 68.6 Å². The zero-order chi connectivity index (χ0) is 13.2. The number of aliphatic imine (C=N–C) groups is 1. The van der Waals surface area contributed by atoms with Crippen LogP contribution in [0.4, 0.5) is 4.79 Å². The Labute approximate surface area is 114 Å². The third-order valence-corrected chi connectivity index (χ3v) is 3.43. The molecule has 4 nitrogen and oxygen atoms in total. The highest BCUT2D eigenvalue weighted by Gasteiger charge is 2.19. The Balaban J connectivity index is 1.89. The van der Waals surface area contributed by atoms with Gasteiger partial charge >= 0.3 is 5.24 Å². The number of amides is 1. The molecule has 0 saturated carbocycles. The summed E-state index contributed by atoms with van der Waals surface area (Å²) >= 11 is 1.01. The highest BCUT2D eigenvalue weighted by Crippen LogP contribution is 2.29. The van der Waals surface area contributed by atoms with Crippen molar-refractivity contribution in [2.75, 3.05) is 0 Å². The highest BCUT2D eigenvalue weighted by atomic mass is 32.2. The Morgan fingerprint density at radius 2 is 1.95 bits per heavy atom. The second kappa shape index (κ2) is 4.78. The van der Waals surface area contributed by atoms with E-state index in [-0.39, 0.29) is 11.1 Å². The summed E-state index contributed by atoms with van der Waals surface area (Å²) in [7, 11) is 0. The van der Waals surface area contributed by atoms with Crippen LogP contribution in [0.15, 0.2) is 56.8 Å². The van der Waals surface area contributed by atoms with Crippen LogP contribution in [-0.4, -0.2) is 11.1 Å². The standard InChI is InChI=1S/C14H10N2O2S/c15-13-12(19-14(17)16-13)8-10-6-7-11(18-10)9-4-2-1-3-5-9/h1-8H,(H2,15,16,17)/b12-8-. The molecule has 2 N–H and O–H groups in total. The first-order chi connectivity index (χ1) is 9.22. The predicted molar refractivity (Wildman–Crippen MR) is 76.7 cm³/mol. The summed E-state index contributed by atoms with van der Waals surface area (Å²) in [5.74, 6) is 1.67. The molecule has 0 saturated heterocycles. The average molecular weight is 270 g/mol. The minimum Gasteiger partial charge on any atom is -0.457 e. The number of thioether (sulfide) groups is 1. The molecule has 0 bridgehead atoms. The molecule has 0 unspecified atom stereocenters. The zero-order valence-electron chi connectivity index (χ0n) is 9.87. The van der Waals surface area contributed by atoms with E-state index in [2.05, 4.69) is 4.99 Å². The van der Waals surface area contributed by atoms with Crippen LogP contribution in [0.2, 0.25) is 0 Å². The molecule has 5 heteroatoms. The molecule has 0 spiro atoms. The Kier molecular flexibility index (Phi) is 2.97. The summed E-state index contributed by atoms with van der Waals surface area (Å²) in [6.45, 7) is 0. The lowest BCUT2D eigenvalue weighted by Gasteiger charge is -1.95. The molecule has 94 valence electrons. The van der Waals surface area contributed by atoms with E-state index in [0.717, 1.165) is 23.1 Å². The van der Waals surface area contributed by atoms with E-state index in [9.17, 15) is 4.79 Å². The molecule has 19 heavy (non-hydrogen) atoms. The van der Waals surface area contributed by atoms with Gasteiger partial charge < -0.3 is 10.2 Å². The molecule has 0 atom stereocenters. The van der Waals surface area contributed by atoms with Gasteiger partial charge in [-0.2, -0.15) is 4.99 Å². The van der Waals surface area contributed by atoms with Crippen molar-refractivity contribution >= 4 is 28.9 Å². The van der Waals surface area contributed by atoms with Gasteiger partial charge in [0.05, 0.1) is 4.91 Å². The maximum Gasteiger partial charge on any atom is 0.311 e. The van der Waals surface area contributed by atoms with Crippen molar-refractivity contribution in [1.29, 1.82) is 0 Å². The normalized spacial score (nSPS) is 16.9. The third-order valence-electron chi connectivity index (χ3n) is 2.62. The molecule has 1 aromatic carbocycles. The van der Waals surface area contributed by atoms with Gasteiger partial charge in [0.15, 0.2) is 0 Å². The molecule has 1 aliphatic heterocycles. The van der Waals surface area contributed by atoms with Gasteiger partial charge in [0.2, 0.25) is 0 Å². The van der Waals surface area contributed by atoms with Crippen molar-refractivity contribution in [3.63, 3.8) is 0 Å². The Morgan fingerprint density at radius 1 is 1.16 bits per heavy atom. The van der Waals surface area contributed by atoms with Gasteiger partial charge in [-0.1, -0.05) is 30.3 Å². The summed E-state index contributed by atoms with van der Waals surface area (Å²) < 4.78 is 5.70. The Morgan fingerprint density at radius 3 is 2.63 bits per heavy atom. The zero-order valence-corrected chi connectivity index (χ0v) is 10.7. The number of hydrogen-bond acceptors (Lipinski definition) is 4. The number of nitrogens with zero attached hydrogens (tertiary/aromatic N) is 1. The van der Waals surface area contributed by atoms with Crippen LogP contribution in [0.5, 0.6) is 0 Å². The van der Waals surface area contributed by atoms with Gasteiger partial charge in [-0.05, 0) is 30.0 Å². The molecular weight excluding hydrogens is 260 g/mol. The van der Waals surface area contributed by atoms with E-state index in [4.69, 9.17) is 10.2 Å². The molecule has 2 heterocycles. The van der Waals surface area contributed by atoms with Gasteiger partial charge in [0, 0.05) is 5.56 Å². The van der Waals surface area contributed by atoms with Crippen molar-refractivity contribution in [1.82, 2.24) is 0 Å². The number of furan rings is 1. The number of nitrogens with two attached hydrogens (primary N) is 1. The van der Waals surface area contributed by atoms with Crippen molar-refractivity contribution in [2.45, 2.75) is 0 Å². The SMILES string of the molecule is NC1=NC(=O)S/C1=C\c1ccc(-c2ccccc2)o1. The lowest BCUT2D eigenvalue weighted by Crippen LogP contribution is -2.08. The highest BCUT2D eigenvalue weighted by molar-refractivity contribution is 8.18. The van der Waals surface area contributed by atoms with Gasteiger partial charge in [-0.25, -0.2) is 0 Å². The Hall–Kier alpha value is -2.27. The van der Waals surface area contributed by atoms with Crippen LogP contribution in [0, 0.1) is 0 Å². The van der Waals surface area contributed by atoms with E-state index >= 15 is 0 Å². The number of hydrogen-bond donors (Lipinski definition) is 1. The number of carbonyl (C=O) groups excluding carboxylic acids is 1. The van der Waals surface area contributed by atoms with E-state index in [1.165, 1.54) is 0 Å². The molecule has 1 aliphatic rings. The minimum atomic E-state index is -0.293. The number of carbonyl (C=O) groups is 1. The van der Waals surface area contributed by atoms with Crippen molar-refractivity contribution < 1.29 is 9.21 Å². The molecular formula is C14H10N2O2S. The van der Waals surface area contributed by atoms with Gasteiger partial charge in [0.1, 0.15) is 17.4 Å². The first-order valence-corrected chi connectivity index (χ1v) is 6.47. The van der Waals surface area contributed by atoms with Crippen LogP contribution < -0.4 is 5.73 Å². The molecule has 0 radical (unpaired) electrons. The molecule has 2 aromatic rings. The third kappa shape index (κ3) is 2.46. The fourth-order valence-electron chi connectivity index (χ4n) is 1.74. The predicted octanol–water partition coefficient (Wildman–Crippen LogP) is 3.51. The molecule has 1 amide bonds. The number of rotatable bonds is 2. The molecule has 3 rings (SSSR count). The largest absolute Gasteiger partial charge is 0.457 e. The van der Waals surface area contributed by atoms with Gasteiger partial charge in [0.25, 0.3) is 0 Å². The summed E-state index contributed by atoms with van der Waals surface area (Å²) in [4.78, 5) is 15.4. The lowest BCUT2D eigenvalue weighted by molar-refractivity contribution is 0.268. The fourth-order valence-corrected chi connectivity index (χ4v) is 2.40. The monoisotopic (exact) mass is 270 g/mol. The number of amidine groups is 1. The molecule has 0 fully saturated rings. The summed E-state index contributed by atoms with van der Waals surface area (Å²) in [6, 6.07) is 13.5. The quantitative estimate of drug-likeness (QED) is 0.906. The van der Waals surface area contributed by atoms with Gasteiger partial charge in [-0.3, -0.25) is 4.79 Å². The summed E-state index contributed by atoms with van der Waals surface area (Å²) in [5, 5.41) is -0.293. The maximum absolute atomic E-state index is 11.1. The van der Waals surface area contributed by atoms with Crippen LogP contribution in [0.3, 0.4) is 0 Å². The molecule has 0 aliphatic carbocycles. The van der Waals surface area contributed by atoms with E-state index in [1.807, 2.05) is 42.5 Å². The van der Waals surface area contributed by atoms with Crippen LogP contribution >= 0.6 is 11.8 Å². The number of benzene rings is 1. The van der Waals surface area contributed by atoms with E-state index in [1.54, 1.807) is 6.08 Å². The van der Waals surface area contributed by atoms with E-state index in [0.29, 0.717) is 10.7 Å².